The van der Waals surface area contributed by atoms with Crippen molar-refractivity contribution in [3.05, 3.63) is 64.1 Å². The number of thiazole rings is 1. The average molecular weight is 303 g/mol. The third kappa shape index (κ3) is 2.85. The molecule has 0 saturated heterocycles. The highest BCUT2D eigenvalue weighted by Gasteiger charge is 2.13. The lowest BCUT2D eigenvalue weighted by Crippen LogP contribution is -2.10. The van der Waals surface area contributed by atoms with E-state index in [1.807, 2.05) is 24.3 Å². The van der Waals surface area contributed by atoms with Gasteiger partial charge in [-0.15, -0.1) is 11.3 Å². The minimum absolute atomic E-state index is 0.0383. The number of nitrogens with zero attached hydrogens (tertiary/aromatic N) is 1. The molecule has 0 fully saturated rings. The van der Waals surface area contributed by atoms with Crippen LogP contribution in [0.2, 0.25) is 5.02 Å². The van der Waals surface area contributed by atoms with Crippen molar-refractivity contribution in [2.24, 2.45) is 5.73 Å². The summed E-state index contributed by atoms with van der Waals surface area (Å²) in [7, 11) is 0. The Morgan fingerprint density at radius 3 is 2.65 bits per heavy atom. The van der Waals surface area contributed by atoms with Crippen molar-refractivity contribution in [3.63, 3.8) is 0 Å². The third-order valence-electron chi connectivity index (χ3n) is 3.29. The molecule has 0 aliphatic heterocycles. The van der Waals surface area contributed by atoms with Crippen LogP contribution in [-0.4, -0.2) is 4.98 Å². The number of hydrogen-bond acceptors (Lipinski definition) is 3. The number of fused-ring (bicyclic) bond motifs is 1. The summed E-state index contributed by atoms with van der Waals surface area (Å²) in [5.74, 6) is 0. The van der Waals surface area contributed by atoms with Crippen LogP contribution >= 0.6 is 22.9 Å². The van der Waals surface area contributed by atoms with E-state index in [0.29, 0.717) is 0 Å². The number of aromatic nitrogens is 1. The number of rotatable bonds is 4. The molecule has 0 aliphatic carbocycles. The molecule has 3 aromatic rings. The summed E-state index contributed by atoms with van der Waals surface area (Å²) in [4.78, 5) is 4.59. The molecule has 3 rings (SSSR count). The van der Waals surface area contributed by atoms with Crippen molar-refractivity contribution in [2.45, 2.75) is 18.9 Å². The van der Waals surface area contributed by atoms with Gasteiger partial charge in [-0.1, -0.05) is 48.0 Å². The highest BCUT2D eigenvalue weighted by Crippen LogP contribution is 2.32. The molecule has 2 aromatic carbocycles. The van der Waals surface area contributed by atoms with Crippen LogP contribution in [0.1, 0.15) is 23.0 Å². The van der Waals surface area contributed by atoms with Crippen LogP contribution in [0.15, 0.2) is 48.5 Å². The zero-order chi connectivity index (χ0) is 13.9. The van der Waals surface area contributed by atoms with Crippen LogP contribution in [-0.2, 0) is 6.42 Å². The summed E-state index contributed by atoms with van der Waals surface area (Å²) < 4.78 is 1.03. The second kappa shape index (κ2) is 5.92. The highest BCUT2D eigenvalue weighted by molar-refractivity contribution is 7.19. The lowest BCUT2D eigenvalue weighted by Gasteiger charge is -2.07. The molecule has 0 amide bonds. The zero-order valence-electron chi connectivity index (χ0n) is 10.9. The molecule has 2 nitrogen and oxygen atoms in total. The van der Waals surface area contributed by atoms with Gasteiger partial charge in [-0.25, -0.2) is 4.98 Å². The second-order valence-electron chi connectivity index (χ2n) is 4.77. The molecule has 1 heterocycles. The lowest BCUT2D eigenvalue weighted by atomic mass is 10.1. The van der Waals surface area contributed by atoms with Gasteiger partial charge >= 0.3 is 0 Å². The van der Waals surface area contributed by atoms with E-state index in [2.05, 4.69) is 29.2 Å². The Morgan fingerprint density at radius 1 is 1.10 bits per heavy atom. The maximum atomic E-state index is 6.26. The summed E-state index contributed by atoms with van der Waals surface area (Å²) in [6, 6.07) is 16.1. The van der Waals surface area contributed by atoms with Gasteiger partial charge in [0.05, 0.1) is 21.3 Å². The topological polar surface area (TPSA) is 38.9 Å². The van der Waals surface area contributed by atoms with E-state index in [9.17, 15) is 0 Å². The monoisotopic (exact) mass is 302 g/mol. The van der Waals surface area contributed by atoms with Crippen molar-refractivity contribution < 1.29 is 0 Å². The normalized spacial score (nSPS) is 12.7. The van der Waals surface area contributed by atoms with Crippen LogP contribution in [0, 0.1) is 0 Å². The van der Waals surface area contributed by atoms with Gasteiger partial charge in [0, 0.05) is 0 Å². The molecule has 4 heteroatoms. The van der Waals surface area contributed by atoms with Gasteiger partial charge in [0.15, 0.2) is 0 Å². The Kier molecular flexibility index (Phi) is 4.01. The molecule has 0 aliphatic rings. The lowest BCUT2D eigenvalue weighted by molar-refractivity contribution is 0.648. The summed E-state index contributed by atoms with van der Waals surface area (Å²) >= 11 is 7.78. The minimum Gasteiger partial charge on any atom is -0.322 e. The third-order valence-corrected chi connectivity index (χ3v) is 4.95. The Hall–Kier alpha value is -1.42. The van der Waals surface area contributed by atoms with Crippen molar-refractivity contribution in [1.29, 1.82) is 0 Å². The fourth-order valence-electron chi connectivity index (χ4n) is 2.18. The molecule has 1 aromatic heterocycles. The smallest absolute Gasteiger partial charge is 0.111 e. The molecule has 0 spiro atoms. The van der Waals surface area contributed by atoms with E-state index >= 15 is 0 Å². The van der Waals surface area contributed by atoms with Crippen molar-refractivity contribution in [3.8, 4) is 0 Å². The SMILES string of the molecule is NC(CCc1ccccc1)c1nc2cccc(Cl)c2s1. The average Bonchev–Trinajstić information content (AvgIpc) is 2.91. The Labute approximate surface area is 127 Å². The Morgan fingerprint density at radius 2 is 1.90 bits per heavy atom. The van der Waals surface area contributed by atoms with Gasteiger partial charge in [0.25, 0.3) is 0 Å². The van der Waals surface area contributed by atoms with Crippen molar-refractivity contribution in [2.75, 3.05) is 0 Å². The first-order valence-electron chi connectivity index (χ1n) is 6.58. The van der Waals surface area contributed by atoms with E-state index in [0.717, 1.165) is 33.1 Å². The van der Waals surface area contributed by atoms with Crippen molar-refractivity contribution >= 4 is 33.2 Å². The predicted octanol–water partition coefficient (Wildman–Crippen LogP) is 4.58. The maximum absolute atomic E-state index is 6.26. The molecule has 0 saturated carbocycles. The minimum atomic E-state index is -0.0383. The first-order chi connectivity index (χ1) is 9.74. The summed E-state index contributed by atoms with van der Waals surface area (Å²) in [6.45, 7) is 0. The zero-order valence-corrected chi connectivity index (χ0v) is 12.5. The van der Waals surface area contributed by atoms with Crippen LogP contribution in [0.3, 0.4) is 0 Å². The molecule has 1 unspecified atom stereocenters. The molecule has 1 atom stereocenters. The van der Waals surface area contributed by atoms with E-state index < -0.39 is 0 Å². The second-order valence-corrected chi connectivity index (χ2v) is 6.21. The first-order valence-corrected chi connectivity index (χ1v) is 7.78. The fraction of sp³-hybridized carbons (Fsp3) is 0.188. The largest absolute Gasteiger partial charge is 0.322 e. The van der Waals surface area contributed by atoms with E-state index in [1.54, 1.807) is 11.3 Å². The van der Waals surface area contributed by atoms with Crippen LogP contribution in [0.5, 0.6) is 0 Å². The first kappa shape index (κ1) is 13.6. The van der Waals surface area contributed by atoms with E-state index in [4.69, 9.17) is 17.3 Å². The van der Waals surface area contributed by atoms with Gasteiger partial charge < -0.3 is 5.73 Å². The van der Waals surface area contributed by atoms with Gasteiger partial charge in [0.1, 0.15) is 5.01 Å². The quantitative estimate of drug-likeness (QED) is 0.766. The Bertz CT molecular complexity index is 709. The molecular weight excluding hydrogens is 288 g/mol. The summed E-state index contributed by atoms with van der Waals surface area (Å²) in [5.41, 5.74) is 8.51. The number of nitrogens with two attached hydrogens (primary N) is 1. The standard InChI is InChI=1S/C16H15ClN2S/c17-12-7-4-8-14-15(12)20-16(19-14)13(18)10-9-11-5-2-1-3-6-11/h1-8,13H,9-10,18H2. The summed E-state index contributed by atoms with van der Waals surface area (Å²) in [5, 5.41) is 1.71. The van der Waals surface area contributed by atoms with Gasteiger partial charge in [-0.3, -0.25) is 0 Å². The predicted molar refractivity (Wildman–Crippen MR) is 86.3 cm³/mol. The van der Waals surface area contributed by atoms with Crippen LogP contribution < -0.4 is 5.73 Å². The van der Waals surface area contributed by atoms with Gasteiger partial charge in [-0.05, 0) is 30.5 Å². The molecular formula is C16H15ClN2S. The van der Waals surface area contributed by atoms with Gasteiger partial charge in [-0.2, -0.15) is 0 Å². The molecule has 20 heavy (non-hydrogen) atoms. The van der Waals surface area contributed by atoms with Crippen LogP contribution in [0.25, 0.3) is 10.2 Å². The fourth-order valence-corrected chi connectivity index (χ4v) is 3.47. The summed E-state index contributed by atoms with van der Waals surface area (Å²) in [6.07, 6.45) is 1.85. The number of halogens is 1. The number of benzene rings is 2. The van der Waals surface area contributed by atoms with Crippen molar-refractivity contribution in [1.82, 2.24) is 4.98 Å². The van der Waals surface area contributed by atoms with Gasteiger partial charge in [0.2, 0.25) is 0 Å². The molecule has 0 bridgehead atoms. The molecule has 0 radical (unpaired) electrons. The van der Waals surface area contributed by atoms with E-state index in [1.165, 1.54) is 5.56 Å². The molecule has 102 valence electrons. The van der Waals surface area contributed by atoms with E-state index in [-0.39, 0.29) is 6.04 Å². The maximum Gasteiger partial charge on any atom is 0.111 e. The molecule has 2 N–H and O–H groups in total. The Balaban J connectivity index is 1.75. The number of hydrogen-bond donors (Lipinski definition) is 1. The number of aryl methyl sites for hydroxylation is 1. The highest BCUT2D eigenvalue weighted by atomic mass is 35.5. The van der Waals surface area contributed by atoms with Crippen LogP contribution in [0.4, 0.5) is 0 Å².